The van der Waals surface area contributed by atoms with E-state index in [2.05, 4.69) is 62.7 Å². The van der Waals surface area contributed by atoms with Crippen molar-refractivity contribution in [1.29, 1.82) is 0 Å². The molecule has 0 radical (unpaired) electrons. The Bertz CT molecular complexity index is 327. The van der Waals surface area contributed by atoms with Gasteiger partial charge in [-0.1, -0.05) is 36.7 Å². The fourth-order valence-corrected chi connectivity index (χ4v) is 1.52. The Hall–Kier alpha value is -0.500. The van der Waals surface area contributed by atoms with Crippen LogP contribution in [0.25, 0.3) is 0 Å². The first-order chi connectivity index (χ1) is 6.79. The molecule has 0 amide bonds. The van der Waals surface area contributed by atoms with E-state index in [1.54, 1.807) is 0 Å². The molecule has 15 heavy (non-hydrogen) atoms. The van der Waals surface area contributed by atoms with Gasteiger partial charge in [0.15, 0.2) is 0 Å². The maximum atomic E-state index is 5.77. The summed E-state index contributed by atoms with van der Waals surface area (Å²) in [7, 11) is 0. The zero-order valence-corrected chi connectivity index (χ0v) is 11.7. The lowest BCUT2D eigenvalue weighted by Gasteiger charge is -2.19. The van der Waals surface area contributed by atoms with Crippen LogP contribution in [0.1, 0.15) is 31.9 Å². The molecule has 0 saturated carbocycles. The van der Waals surface area contributed by atoms with Crippen molar-refractivity contribution in [2.45, 2.75) is 34.6 Å². The number of hydrogen-bond acceptors (Lipinski definition) is 1. The molecule has 0 N–H and O–H groups in total. The highest BCUT2D eigenvalue weighted by molar-refractivity contribution is 9.10. The van der Waals surface area contributed by atoms with Gasteiger partial charge in [-0.3, -0.25) is 0 Å². The van der Waals surface area contributed by atoms with Gasteiger partial charge in [0.1, 0.15) is 5.75 Å². The van der Waals surface area contributed by atoms with E-state index in [0.29, 0.717) is 0 Å². The number of aryl methyl sites for hydroxylation is 2. The monoisotopic (exact) mass is 270 g/mol. The topological polar surface area (TPSA) is 9.23 Å². The van der Waals surface area contributed by atoms with E-state index in [0.717, 1.165) is 12.4 Å². The molecule has 0 atom stereocenters. The van der Waals surface area contributed by atoms with Crippen LogP contribution in [0.3, 0.4) is 0 Å². The summed E-state index contributed by atoms with van der Waals surface area (Å²) in [5, 5.41) is 0. The standard InChI is InChI=1S/C13H19BrO/c1-9-6-11(7-10(2)12(9)14)15-8-13(3,4)5/h6-7H,8H2,1-5H3. The first-order valence-electron chi connectivity index (χ1n) is 5.19. The van der Waals surface area contributed by atoms with Crippen molar-refractivity contribution in [1.82, 2.24) is 0 Å². The van der Waals surface area contributed by atoms with E-state index < -0.39 is 0 Å². The van der Waals surface area contributed by atoms with Crippen LogP contribution in [-0.4, -0.2) is 6.61 Å². The van der Waals surface area contributed by atoms with Crippen LogP contribution in [0.5, 0.6) is 5.75 Å². The third-order valence-electron chi connectivity index (χ3n) is 2.08. The molecule has 1 rings (SSSR count). The lowest BCUT2D eigenvalue weighted by atomic mass is 9.99. The zero-order chi connectivity index (χ0) is 11.6. The third-order valence-corrected chi connectivity index (χ3v) is 3.33. The van der Waals surface area contributed by atoms with Crippen molar-refractivity contribution < 1.29 is 4.74 Å². The van der Waals surface area contributed by atoms with Crippen LogP contribution in [-0.2, 0) is 0 Å². The quantitative estimate of drug-likeness (QED) is 0.770. The molecule has 0 fully saturated rings. The van der Waals surface area contributed by atoms with E-state index >= 15 is 0 Å². The highest BCUT2D eigenvalue weighted by Gasteiger charge is 2.11. The molecule has 0 aliphatic rings. The fraction of sp³-hybridized carbons (Fsp3) is 0.538. The Morgan fingerprint density at radius 2 is 1.60 bits per heavy atom. The third kappa shape index (κ3) is 3.86. The Morgan fingerprint density at radius 1 is 1.13 bits per heavy atom. The second-order valence-corrected chi connectivity index (χ2v) is 6.01. The Labute approximate surface area is 101 Å². The second kappa shape index (κ2) is 4.56. The Morgan fingerprint density at radius 3 is 2.00 bits per heavy atom. The minimum atomic E-state index is 0.203. The summed E-state index contributed by atoms with van der Waals surface area (Å²) >= 11 is 3.55. The molecule has 0 heterocycles. The van der Waals surface area contributed by atoms with Crippen LogP contribution in [0, 0.1) is 19.3 Å². The molecule has 0 aliphatic carbocycles. The van der Waals surface area contributed by atoms with Crippen LogP contribution < -0.4 is 4.74 Å². The van der Waals surface area contributed by atoms with Crippen molar-refractivity contribution >= 4 is 15.9 Å². The normalized spacial score (nSPS) is 11.6. The number of halogens is 1. The van der Waals surface area contributed by atoms with Gasteiger partial charge >= 0.3 is 0 Å². The molecular formula is C13H19BrO. The summed E-state index contributed by atoms with van der Waals surface area (Å²) in [6, 6.07) is 4.14. The van der Waals surface area contributed by atoms with Gasteiger partial charge in [-0.05, 0) is 42.5 Å². The predicted octanol–water partition coefficient (Wildman–Crippen LogP) is 4.49. The average Bonchev–Trinajstić information content (AvgIpc) is 2.09. The van der Waals surface area contributed by atoms with Crippen LogP contribution >= 0.6 is 15.9 Å². The molecule has 84 valence electrons. The second-order valence-electron chi connectivity index (χ2n) is 5.22. The van der Waals surface area contributed by atoms with Crippen LogP contribution in [0.15, 0.2) is 16.6 Å². The van der Waals surface area contributed by atoms with Gasteiger partial charge < -0.3 is 4.74 Å². The fourth-order valence-electron chi connectivity index (χ4n) is 1.29. The van der Waals surface area contributed by atoms with Crippen molar-refractivity contribution in [3.63, 3.8) is 0 Å². The van der Waals surface area contributed by atoms with Crippen molar-refractivity contribution in [3.8, 4) is 5.75 Å². The van der Waals surface area contributed by atoms with E-state index in [-0.39, 0.29) is 5.41 Å². The molecule has 0 bridgehead atoms. The SMILES string of the molecule is Cc1cc(OCC(C)(C)C)cc(C)c1Br. The molecule has 0 spiro atoms. The van der Waals surface area contributed by atoms with E-state index in [4.69, 9.17) is 4.74 Å². The predicted molar refractivity (Wildman–Crippen MR) is 68.6 cm³/mol. The summed E-state index contributed by atoms with van der Waals surface area (Å²) < 4.78 is 6.94. The summed E-state index contributed by atoms with van der Waals surface area (Å²) in [4.78, 5) is 0. The van der Waals surface area contributed by atoms with Crippen LogP contribution in [0.4, 0.5) is 0 Å². The summed E-state index contributed by atoms with van der Waals surface area (Å²) in [6.45, 7) is 11.4. The minimum absolute atomic E-state index is 0.203. The summed E-state index contributed by atoms with van der Waals surface area (Å²) in [6.07, 6.45) is 0. The molecular weight excluding hydrogens is 252 g/mol. The molecule has 0 unspecified atom stereocenters. The first-order valence-corrected chi connectivity index (χ1v) is 5.98. The van der Waals surface area contributed by atoms with Gasteiger partial charge in [-0.15, -0.1) is 0 Å². The van der Waals surface area contributed by atoms with Crippen molar-refractivity contribution in [3.05, 3.63) is 27.7 Å². The molecule has 0 aliphatic heterocycles. The van der Waals surface area contributed by atoms with E-state index in [9.17, 15) is 0 Å². The highest BCUT2D eigenvalue weighted by atomic mass is 79.9. The lowest BCUT2D eigenvalue weighted by Crippen LogP contribution is -2.16. The van der Waals surface area contributed by atoms with Gasteiger partial charge in [0.05, 0.1) is 6.61 Å². The van der Waals surface area contributed by atoms with Gasteiger partial charge in [0.2, 0.25) is 0 Å². The maximum Gasteiger partial charge on any atom is 0.119 e. The summed E-state index contributed by atoms with van der Waals surface area (Å²) in [5.41, 5.74) is 2.65. The van der Waals surface area contributed by atoms with Crippen molar-refractivity contribution in [2.75, 3.05) is 6.61 Å². The zero-order valence-electron chi connectivity index (χ0n) is 10.1. The average molecular weight is 271 g/mol. The molecule has 0 saturated heterocycles. The lowest BCUT2D eigenvalue weighted by molar-refractivity contribution is 0.197. The van der Waals surface area contributed by atoms with Gasteiger partial charge in [0, 0.05) is 4.47 Å². The number of ether oxygens (including phenoxy) is 1. The largest absolute Gasteiger partial charge is 0.493 e. The number of benzene rings is 1. The molecule has 2 heteroatoms. The molecule has 0 aromatic heterocycles. The summed E-state index contributed by atoms with van der Waals surface area (Å²) in [5.74, 6) is 0.961. The molecule has 1 nitrogen and oxygen atoms in total. The van der Waals surface area contributed by atoms with Crippen molar-refractivity contribution in [2.24, 2.45) is 5.41 Å². The van der Waals surface area contributed by atoms with E-state index in [1.807, 2.05) is 0 Å². The minimum Gasteiger partial charge on any atom is -0.493 e. The first kappa shape index (κ1) is 12.6. The number of hydrogen-bond donors (Lipinski definition) is 0. The molecule has 1 aromatic rings. The Balaban J connectivity index is 2.80. The van der Waals surface area contributed by atoms with E-state index in [1.165, 1.54) is 15.6 Å². The molecule has 1 aromatic carbocycles. The highest BCUT2D eigenvalue weighted by Crippen LogP contribution is 2.27. The van der Waals surface area contributed by atoms with Gasteiger partial charge in [-0.2, -0.15) is 0 Å². The number of rotatable bonds is 2. The smallest absolute Gasteiger partial charge is 0.119 e. The maximum absolute atomic E-state index is 5.77. The van der Waals surface area contributed by atoms with Crippen LogP contribution in [0.2, 0.25) is 0 Å². The Kier molecular flexibility index (Phi) is 3.82. The van der Waals surface area contributed by atoms with Gasteiger partial charge in [0.25, 0.3) is 0 Å². The van der Waals surface area contributed by atoms with Gasteiger partial charge in [-0.25, -0.2) is 0 Å².